The molecule has 0 saturated heterocycles. The van der Waals surface area contributed by atoms with E-state index in [-0.39, 0.29) is 12.1 Å². The predicted molar refractivity (Wildman–Crippen MR) is 97.4 cm³/mol. The third-order valence-corrected chi connectivity index (χ3v) is 4.95. The van der Waals surface area contributed by atoms with Gasteiger partial charge in [-0.25, -0.2) is 14.8 Å². The summed E-state index contributed by atoms with van der Waals surface area (Å²) >= 11 is 1.50. The molecule has 25 heavy (non-hydrogen) atoms. The van der Waals surface area contributed by atoms with Crippen LogP contribution in [0.1, 0.15) is 30.1 Å². The molecule has 2 amide bonds. The molecule has 0 aromatic carbocycles. The predicted octanol–water partition coefficient (Wildman–Crippen LogP) is 3.80. The van der Waals surface area contributed by atoms with Crippen molar-refractivity contribution in [3.63, 3.8) is 0 Å². The van der Waals surface area contributed by atoms with Crippen molar-refractivity contribution >= 4 is 22.4 Å². The van der Waals surface area contributed by atoms with Crippen molar-refractivity contribution in [1.29, 1.82) is 0 Å². The second-order valence-electron chi connectivity index (χ2n) is 5.86. The molecule has 0 radical (unpaired) electrons. The quantitative estimate of drug-likeness (QED) is 0.752. The van der Waals surface area contributed by atoms with Gasteiger partial charge < -0.3 is 5.32 Å². The van der Waals surface area contributed by atoms with E-state index in [0.717, 1.165) is 41.1 Å². The van der Waals surface area contributed by atoms with Crippen LogP contribution in [0.5, 0.6) is 0 Å². The molecule has 0 unspecified atom stereocenters. The van der Waals surface area contributed by atoms with Gasteiger partial charge in [-0.05, 0) is 48.9 Å². The van der Waals surface area contributed by atoms with Gasteiger partial charge in [0.25, 0.3) is 0 Å². The number of carbonyl (C=O) groups is 1. The zero-order valence-electron chi connectivity index (χ0n) is 13.5. The maximum Gasteiger partial charge on any atom is 0.320 e. The molecule has 7 heteroatoms. The lowest BCUT2D eigenvalue weighted by Gasteiger charge is -2.25. The molecule has 4 rings (SSSR count). The minimum Gasteiger partial charge on any atom is -0.331 e. The van der Waals surface area contributed by atoms with E-state index in [2.05, 4.69) is 20.6 Å². The van der Waals surface area contributed by atoms with Crippen LogP contribution in [-0.2, 0) is 6.42 Å². The van der Waals surface area contributed by atoms with E-state index in [4.69, 9.17) is 4.98 Å². The monoisotopic (exact) mass is 351 g/mol. The Balaban J connectivity index is 1.53. The number of carbonyl (C=O) groups excluding carboxylic acids is 1. The molecule has 3 heterocycles. The van der Waals surface area contributed by atoms with Crippen LogP contribution in [0.15, 0.2) is 48.2 Å². The summed E-state index contributed by atoms with van der Waals surface area (Å²) in [6.07, 6.45) is 8.10. The minimum atomic E-state index is -0.198. The number of hydrogen-bond acceptors (Lipinski definition) is 5. The highest BCUT2D eigenvalue weighted by atomic mass is 32.1. The number of hydrogen-bond donors (Lipinski definition) is 2. The van der Waals surface area contributed by atoms with Crippen LogP contribution in [0.2, 0.25) is 0 Å². The van der Waals surface area contributed by atoms with Gasteiger partial charge >= 0.3 is 6.03 Å². The highest BCUT2D eigenvalue weighted by Crippen LogP contribution is 2.29. The minimum absolute atomic E-state index is 0.0633. The number of urea groups is 1. The maximum absolute atomic E-state index is 12.2. The molecular weight excluding hydrogens is 334 g/mol. The lowest BCUT2D eigenvalue weighted by molar-refractivity contribution is 0.247. The molecule has 2 N–H and O–H groups in total. The topological polar surface area (TPSA) is 79.8 Å². The van der Waals surface area contributed by atoms with E-state index < -0.39 is 0 Å². The lowest BCUT2D eigenvalue weighted by Crippen LogP contribution is -2.34. The summed E-state index contributed by atoms with van der Waals surface area (Å²) in [5.74, 6) is 0.676. The van der Waals surface area contributed by atoms with E-state index in [1.54, 1.807) is 12.4 Å². The summed E-state index contributed by atoms with van der Waals surface area (Å²) in [5.41, 5.74) is 2.90. The number of anilines is 1. The number of nitrogens with one attached hydrogen (secondary N) is 2. The summed E-state index contributed by atoms with van der Waals surface area (Å²) in [6, 6.07) is 7.34. The van der Waals surface area contributed by atoms with Gasteiger partial charge in [0.15, 0.2) is 5.82 Å². The van der Waals surface area contributed by atoms with Crippen molar-refractivity contribution in [2.75, 3.05) is 5.32 Å². The number of nitrogens with zero attached hydrogens (tertiary/aromatic N) is 3. The molecule has 0 fully saturated rings. The SMILES string of the molecule is O=C(Nc1cccs1)N[C@@H]1CCCc2nc(-c3cccnc3)ncc21. The second kappa shape index (κ2) is 6.98. The van der Waals surface area contributed by atoms with E-state index >= 15 is 0 Å². The lowest BCUT2D eigenvalue weighted by atomic mass is 9.92. The van der Waals surface area contributed by atoms with Crippen LogP contribution in [0, 0.1) is 0 Å². The largest absolute Gasteiger partial charge is 0.331 e. The van der Waals surface area contributed by atoms with Crippen molar-refractivity contribution in [1.82, 2.24) is 20.3 Å². The van der Waals surface area contributed by atoms with Gasteiger partial charge in [-0.3, -0.25) is 10.3 Å². The third kappa shape index (κ3) is 3.51. The second-order valence-corrected chi connectivity index (χ2v) is 6.81. The van der Waals surface area contributed by atoms with Crippen LogP contribution in [-0.4, -0.2) is 21.0 Å². The Kier molecular flexibility index (Phi) is 4.39. The number of fused-ring (bicyclic) bond motifs is 1. The van der Waals surface area contributed by atoms with Crippen LogP contribution in [0.4, 0.5) is 9.80 Å². The average Bonchev–Trinajstić information content (AvgIpc) is 3.15. The molecule has 0 aliphatic heterocycles. The Morgan fingerprint density at radius 3 is 3.00 bits per heavy atom. The first-order valence-electron chi connectivity index (χ1n) is 8.17. The third-order valence-electron chi connectivity index (χ3n) is 4.16. The van der Waals surface area contributed by atoms with Gasteiger partial charge in [0.2, 0.25) is 0 Å². The van der Waals surface area contributed by atoms with Crippen molar-refractivity contribution in [3.05, 3.63) is 59.5 Å². The van der Waals surface area contributed by atoms with Crippen LogP contribution >= 0.6 is 11.3 Å². The van der Waals surface area contributed by atoms with Crippen LogP contribution < -0.4 is 10.6 Å². The number of aromatic nitrogens is 3. The summed E-state index contributed by atoms with van der Waals surface area (Å²) in [5, 5.41) is 8.65. The first-order valence-corrected chi connectivity index (χ1v) is 9.05. The fraction of sp³-hybridized carbons (Fsp3) is 0.222. The molecule has 1 atom stereocenters. The van der Waals surface area contributed by atoms with E-state index in [1.807, 2.05) is 35.8 Å². The van der Waals surface area contributed by atoms with Crippen LogP contribution in [0.3, 0.4) is 0 Å². The Labute approximate surface area is 149 Å². The standard InChI is InChI=1S/C18H17N5OS/c24-18(23-16-7-3-9-25-16)22-15-6-1-5-14-13(15)11-20-17(21-14)12-4-2-8-19-10-12/h2-4,7-11,15H,1,5-6H2,(H2,22,23,24)/t15-/m1/s1. The number of aryl methyl sites for hydroxylation is 1. The van der Waals surface area contributed by atoms with Crippen LogP contribution in [0.25, 0.3) is 11.4 Å². The fourth-order valence-electron chi connectivity index (χ4n) is 2.99. The Morgan fingerprint density at radius 2 is 2.20 bits per heavy atom. The van der Waals surface area contributed by atoms with Crippen molar-refractivity contribution in [2.45, 2.75) is 25.3 Å². The molecular formula is C18H17N5OS. The van der Waals surface area contributed by atoms with E-state index in [1.165, 1.54) is 11.3 Å². The molecule has 0 spiro atoms. The highest BCUT2D eigenvalue weighted by molar-refractivity contribution is 7.14. The summed E-state index contributed by atoms with van der Waals surface area (Å²) in [7, 11) is 0. The Hall–Kier alpha value is -2.80. The normalized spacial score (nSPS) is 16.1. The average molecular weight is 351 g/mol. The van der Waals surface area contributed by atoms with Gasteiger partial charge in [0, 0.05) is 35.4 Å². The van der Waals surface area contributed by atoms with Gasteiger partial charge in [0.1, 0.15) is 0 Å². The number of thiophene rings is 1. The summed E-state index contributed by atoms with van der Waals surface area (Å²) < 4.78 is 0. The Bertz CT molecular complexity index is 866. The maximum atomic E-state index is 12.2. The smallest absolute Gasteiger partial charge is 0.320 e. The van der Waals surface area contributed by atoms with Gasteiger partial charge in [-0.2, -0.15) is 0 Å². The summed E-state index contributed by atoms with van der Waals surface area (Å²) in [4.78, 5) is 25.5. The van der Waals surface area contributed by atoms with Gasteiger partial charge in [0.05, 0.1) is 11.0 Å². The molecule has 126 valence electrons. The molecule has 0 saturated carbocycles. The number of pyridine rings is 1. The fourth-order valence-corrected chi connectivity index (χ4v) is 3.60. The first kappa shape index (κ1) is 15.7. The number of rotatable bonds is 3. The van der Waals surface area contributed by atoms with Gasteiger partial charge in [-0.15, -0.1) is 11.3 Å². The molecule has 1 aliphatic carbocycles. The van der Waals surface area contributed by atoms with Crippen molar-refractivity contribution in [2.24, 2.45) is 0 Å². The molecule has 3 aromatic heterocycles. The molecule has 6 nitrogen and oxygen atoms in total. The highest BCUT2D eigenvalue weighted by Gasteiger charge is 2.24. The van der Waals surface area contributed by atoms with E-state index in [9.17, 15) is 4.79 Å². The van der Waals surface area contributed by atoms with Crippen molar-refractivity contribution in [3.8, 4) is 11.4 Å². The van der Waals surface area contributed by atoms with Crippen molar-refractivity contribution < 1.29 is 4.79 Å². The molecule has 1 aliphatic rings. The van der Waals surface area contributed by atoms with Gasteiger partial charge in [-0.1, -0.05) is 0 Å². The first-order chi connectivity index (χ1) is 12.3. The zero-order valence-corrected chi connectivity index (χ0v) is 14.3. The molecule has 3 aromatic rings. The molecule has 0 bridgehead atoms. The Morgan fingerprint density at radius 1 is 1.24 bits per heavy atom. The zero-order chi connectivity index (χ0) is 17.1. The summed E-state index contributed by atoms with van der Waals surface area (Å²) in [6.45, 7) is 0. The van der Waals surface area contributed by atoms with E-state index in [0.29, 0.717) is 5.82 Å². The number of amides is 2.